The smallest absolute Gasteiger partial charge is 0.411 e. The number of alkyl halides is 1. The van der Waals surface area contributed by atoms with Gasteiger partial charge in [-0.1, -0.05) is 30.3 Å². The zero-order valence-electron chi connectivity index (χ0n) is 23.2. The van der Waals surface area contributed by atoms with Gasteiger partial charge in [0.15, 0.2) is 16.0 Å². The number of amides is 2. The lowest BCUT2D eigenvalue weighted by molar-refractivity contribution is -0.131. The summed E-state index contributed by atoms with van der Waals surface area (Å²) in [6, 6.07) is 16.6. The van der Waals surface area contributed by atoms with Crippen LogP contribution in [-0.2, 0) is 25.9 Å². The summed E-state index contributed by atoms with van der Waals surface area (Å²) in [6.07, 6.45) is 0.165. The van der Waals surface area contributed by atoms with Crippen LogP contribution in [0, 0.1) is 0 Å². The summed E-state index contributed by atoms with van der Waals surface area (Å²) < 4.78 is 46.6. The van der Waals surface area contributed by atoms with E-state index in [1.807, 2.05) is 0 Å². The summed E-state index contributed by atoms with van der Waals surface area (Å²) in [5, 5.41) is 6.42. The fraction of sp³-hybridized carbons (Fsp3) is 0.258. The molecule has 1 fully saturated rings. The predicted octanol–water partition coefficient (Wildman–Crippen LogP) is 4.85. The molecule has 222 valence electrons. The Balaban J connectivity index is 1.41. The van der Waals surface area contributed by atoms with Crippen molar-refractivity contribution in [1.29, 1.82) is 0 Å². The van der Waals surface area contributed by atoms with Gasteiger partial charge in [0.2, 0.25) is 5.91 Å². The maximum Gasteiger partial charge on any atom is 0.411 e. The zero-order valence-corrected chi connectivity index (χ0v) is 24.0. The van der Waals surface area contributed by atoms with E-state index in [-0.39, 0.29) is 28.3 Å². The number of rotatable bonds is 4. The quantitative estimate of drug-likeness (QED) is 0.303. The van der Waals surface area contributed by atoms with Crippen LogP contribution in [0.25, 0.3) is 10.8 Å². The third-order valence-electron chi connectivity index (χ3n) is 7.69. The number of anilines is 2. The van der Waals surface area contributed by atoms with Crippen molar-refractivity contribution in [2.24, 2.45) is 0 Å². The fourth-order valence-electron chi connectivity index (χ4n) is 5.19. The molecule has 0 unspecified atom stereocenters. The van der Waals surface area contributed by atoms with Gasteiger partial charge in [0, 0.05) is 36.6 Å². The normalized spacial score (nSPS) is 19.6. The Morgan fingerprint density at radius 2 is 1.70 bits per heavy atom. The van der Waals surface area contributed by atoms with Crippen LogP contribution in [0.2, 0.25) is 0 Å². The molecule has 2 atom stereocenters. The van der Waals surface area contributed by atoms with E-state index in [9.17, 15) is 27.2 Å². The monoisotopic (exact) mass is 604 g/mol. The molecule has 2 aliphatic heterocycles. The molecule has 3 aromatic carbocycles. The minimum atomic E-state index is -3.65. The molecular weight excluding hydrogens is 575 g/mol. The van der Waals surface area contributed by atoms with Crippen LogP contribution >= 0.6 is 0 Å². The number of benzene rings is 3. The molecule has 4 bridgehead atoms. The molecule has 1 aromatic heterocycles. The first kappa shape index (κ1) is 28.4. The van der Waals surface area contributed by atoms with Gasteiger partial charge >= 0.3 is 6.09 Å². The van der Waals surface area contributed by atoms with Gasteiger partial charge in [-0.2, -0.15) is 0 Å². The molecule has 3 heterocycles. The van der Waals surface area contributed by atoms with Crippen molar-refractivity contribution in [1.82, 2.24) is 9.88 Å². The van der Waals surface area contributed by atoms with Crippen molar-refractivity contribution >= 4 is 44.0 Å². The van der Waals surface area contributed by atoms with Crippen molar-refractivity contribution in [2.75, 3.05) is 24.3 Å². The molecule has 0 spiro atoms. The van der Waals surface area contributed by atoms with Crippen molar-refractivity contribution in [3.05, 3.63) is 100.0 Å². The van der Waals surface area contributed by atoms with Crippen molar-refractivity contribution < 1.29 is 27.1 Å². The number of aromatic amines is 1. The minimum absolute atomic E-state index is 0.0785. The number of likely N-dealkylation sites (N-methyl/N-ethyl adjacent to an activating group) is 1. The van der Waals surface area contributed by atoms with Crippen molar-refractivity contribution in [3.63, 3.8) is 0 Å². The summed E-state index contributed by atoms with van der Waals surface area (Å²) in [5.74, 6) is -0.397. The number of nitrogens with one attached hydrogen (secondary N) is 3. The third kappa shape index (κ3) is 5.82. The van der Waals surface area contributed by atoms with Crippen LogP contribution in [-0.4, -0.2) is 49.2 Å². The van der Waals surface area contributed by atoms with Gasteiger partial charge in [0.25, 0.3) is 5.56 Å². The molecule has 1 aliphatic carbocycles. The van der Waals surface area contributed by atoms with Crippen molar-refractivity contribution in [3.8, 4) is 0 Å². The number of hydrogen-bond donors (Lipinski definition) is 3. The molecule has 3 aliphatic rings. The Bertz CT molecular complexity index is 1890. The lowest BCUT2D eigenvalue weighted by Crippen LogP contribution is -2.35. The molecule has 2 amide bonds. The molecule has 3 N–H and O–H groups in total. The number of sulfone groups is 1. The number of carbonyl (C=O) groups excluding carboxylic acids is 2. The van der Waals surface area contributed by atoms with Crippen molar-refractivity contribution in [2.45, 2.75) is 41.7 Å². The average molecular weight is 605 g/mol. The highest BCUT2D eigenvalue weighted by Crippen LogP contribution is 2.36. The number of ether oxygens (including phenoxy) is 1. The van der Waals surface area contributed by atoms with Crippen LogP contribution in [0.1, 0.15) is 41.7 Å². The van der Waals surface area contributed by atoms with Gasteiger partial charge in [-0.15, -0.1) is 0 Å². The molecule has 4 aromatic rings. The maximum absolute atomic E-state index is 15.0. The molecule has 10 nitrogen and oxygen atoms in total. The van der Waals surface area contributed by atoms with E-state index in [2.05, 4.69) is 15.6 Å². The highest BCUT2D eigenvalue weighted by Gasteiger charge is 2.38. The Kier molecular flexibility index (Phi) is 7.38. The lowest BCUT2D eigenvalue weighted by atomic mass is 10.0. The molecule has 12 heteroatoms. The number of pyridine rings is 1. The summed E-state index contributed by atoms with van der Waals surface area (Å²) in [4.78, 5) is 43.0. The Morgan fingerprint density at radius 1 is 0.953 bits per heavy atom. The van der Waals surface area contributed by atoms with Crippen LogP contribution in [0.3, 0.4) is 0 Å². The van der Waals surface area contributed by atoms with Gasteiger partial charge in [0.05, 0.1) is 10.1 Å². The summed E-state index contributed by atoms with van der Waals surface area (Å²) in [7, 11) is -2.09. The number of carbonyl (C=O) groups is 2. The van der Waals surface area contributed by atoms with Crippen LogP contribution in [0.5, 0.6) is 0 Å². The van der Waals surface area contributed by atoms with Crippen LogP contribution in [0.4, 0.5) is 20.6 Å². The van der Waals surface area contributed by atoms with Gasteiger partial charge < -0.3 is 19.9 Å². The number of H-pyrrole nitrogens is 1. The molecular formula is C31H29FN4O6S. The first-order valence-electron chi connectivity index (χ1n) is 13.8. The SMILES string of the molecule is CN1Cc2cc(ccc2S(=O)(=O)C2CC2)NC(=O)OC[C@H](F)c2ccc(cc2)[C@@H](Nc2ccc3cc[nH]c(=O)c3c2)C1=O. The molecule has 43 heavy (non-hydrogen) atoms. The second kappa shape index (κ2) is 11.2. The van der Waals surface area contributed by atoms with E-state index in [1.54, 1.807) is 49.6 Å². The largest absolute Gasteiger partial charge is 0.446 e. The summed E-state index contributed by atoms with van der Waals surface area (Å²) >= 11 is 0. The highest BCUT2D eigenvalue weighted by atomic mass is 32.2. The standard InChI is InChI=1S/C31H29FN4O6S/c1-36-16-21-14-22(8-11-27(21)43(40,41)24-9-10-24)35-31(39)42-17-26(32)19-2-4-20(5-3-19)28(30(36)38)34-23-7-6-18-12-13-33-29(37)25(18)15-23/h2-8,11-15,24,26,28,34H,9-10,16-17H2,1H3,(H,33,37)(H,35,39)/t26-,28+/m0/s1. The molecule has 7 rings (SSSR count). The summed E-state index contributed by atoms with van der Waals surface area (Å²) in [6.45, 7) is -0.619. The molecule has 0 radical (unpaired) electrons. The van der Waals surface area contributed by atoms with Gasteiger partial charge in [-0.25, -0.2) is 17.6 Å². The molecule has 0 saturated heterocycles. The highest BCUT2D eigenvalue weighted by molar-refractivity contribution is 7.92. The first-order valence-corrected chi connectivity index (χ1v) is 15.3. The first-order chi connectivity index (χ1) is 20.6. The van der Waals surface area contributed by atoms with Crippen LogP contribution < -0.4 is 16.2 Å². The lowest BCUT2D eigenvalue weighted by Gasteiger charge is -2.27. The Morgan fingerprint density at radius 3 is 2.44 bits per heavy atom. The van der Waals surface area contributed by atoms with E-state index in [4.69, 9.17) is 4.74 Å². The van der Waals surface area contributed by atoms with E-state index in [0.717, 1.165) is 5.39 Å². The summed E-state index contributed by atoms with van der Waals surface area (Å²) in [5.41, 5.74) is 1.57. The number of nitrogens with zero attached hydrogens (tertiary/aromatic N) is 1. The molecule has 1 saturated carbocycles. The average Bonchev–Trinajstić information content (AvgIpc) is 3.85. The number of halogens is 1. The van der Waals surface area contributed by atoms with E-state index >= 15 is 0 Å². The van der Waals surface area contributed by atoms with E-state index in [1.165, 1.54) is 35.2 Å². The van der Waals surface area contributed by atoms with Gasteiger partial charge in [-0.05, 0) is 71.3 Å². The van der Waals surface area contributed by atoms with Crippen LogP contribution in [0.15, 0.2) is 82.6 Å². The maximum atomic E-state index is 15.0. The third-order valence-corrected chi connectivity index (χ3v) is 10.0. The number of fused-ring (bicyclic) bond motifs is 10. The predicted molar refractivity (Wildman–Crippen MR) is 159 cm³/mol. The Hall–Kier alpha value is -4.71. The minimum Gasteiger partial charge on any atom is -0.446 e. The van der Waals surface area contributed by atoms with E-state index in [0.29, 0.717) is 35.0 Å². The topological polar surface area (TPSA) is 138 Å². The second-order valence-corrected chi connectivity index (χ2v) is 13.0. The zero-order chi connectivity index (χ0) is 30.3. The number of hydrogen-bond acceptors (Lipinski definition) is 7. The van der Waals surface area contributed by atoms with E-state index < -0.39 is 45.9 Å². The fourth-order valence-corrected chi connectivity index (χ4v) is 7.06. The second-order valence-electron chi connectivity index (χ2n) is 10.8. The van der Waals surface area contributed by atoms with Gasteiger partial charge in [0.1, 0.15) is 12.6 Å². The van der Waals surface area contributed by atoms with Gasteiger partial charge in [-0.3, -0.25) is 14.9 Å². The number of aromatic nitrogens is 1. The Labute approximate surface area is 246 Å².